The number of hydrogen-bond donors (Lipinski definition) is 1. The molecule has 0 aliphatic carbocycles. The highest BCUT2D eigenvalue weighted by molar-refractivity contribution is 7.17. The number of nitrogens with zero attached hydrogens (tertiary/aromatic N) is 2. The first-order chi connectivity index (χ1) is 9.15. The first kappa shape index (κ1) is 14.3. The zero-order chi connectivity index (χ0) is 13.8. The lowest BCUT2D eigenvalue weighted by molar-refractivity contribution is 0.0605. The van der Waals surface area contributed by atoms with E-state index in [2.05, 4.69) is 9.88 Å². The minimum atomic E-state index is -0.315. The lowest BCUT2D eigenvalue weighted by Gasteiger charge is -2.32. The van der Waals surface area contributed by atoms with Crippen LogP contribution in [0, 0.1) is 12.8 Å². The van der Waals surface area contributed by atoms with Gasteiger partial charge in [0.25, 0.3) is 0 Å². The van der Waals surface area contributed by atoms with Gasteiger partial charge in [0.2, 0.25) is 0 Å². The van der Waals surface area contributed by atoms with Crippen LogP contribution in [0.5, 0.6) is 0 Å². The summed E-state index contributed by atoms with van der Waals surface area (Å²) in [5.74, 6) is 0.203. The smallest absolute Gasteiger partial charge is 0.350 e. The first-order valence-electron chi connectivity index (χ1n) is 6.57. The predicted octanol–water partition coefficient (Wildman–Crippen LogP) is 1.84. The molecule has 2 rings (SSSR count). The Morgan fingerprint density at radius 1 is 1.63 bits per heavy atom. The number of carbonyl (C=O) groups excluding carboxylic acids is 1. The second kappa shape index (κ2) is 6.34. The second-order valence-electron chi connectivity index (χ2n) is 4.87. The van der Waals surface area contributed by atoms with Crippen LogP contribution in [-0.2, 0) is 4.74 Å². The average Bonchev–Trinajstić information content (AvgIpc) is 2.81. The third-order valence-electron chi connectivity index (χ3n) is 3.48. The van der Waals surface area contributed by atoms with E-state index in [-0.39, 0.29) is 12.6 Å². The monoisotopic (exact) mass is 284 g/mol. The Balaban J connectivity index is 2.11. The number of aryl methyl sites for hydroxylation is 1. The van der Waals surface area contributed by atoms with E-state index in [1.807, 2.05) is 6.92 Å². The van der Waals surface area contributed by atoms with Gasteiger partial charge in [-0.05, 0) is 32.1 Å². The Morgan fingerprint density at radius 3 is 3.11 bits per heavy atom. The Morgan fingerprint density at radius 2 is 2.42 bits per heavy atom. The summed E-state index contributed by atoms with van der Waals surface area (Å²) in [7, 11) is 1.39. The van der Waals surface area contributed by atoms with E-state index in [1.165, 1.54) is 18.4 Å². The Bertz CT molecular complexity index is 445. The molecule has 1 aliphatic rings. The van der Waals surface area contributed by atoms with E-state index in [0.717, 1.165) is 43.2 Å². The van der Waals surface area contributed by atoms with Crippen molar-refractivity contribution in [2.45, 2.75) is 26.2 Å². The Labute approximate surface area is 117 Å². The van der Waals surface area contributed by atoms with Crippen LogP contribution >= 0.6 is 11.3 Å². The minimum Gasteiger partial charge on any atom is -0.465 e. The lowest BCUT2D eigenvalue weighted by Crippen LogP contribution is -2.35. The van der Waals surface area contributed by atoms with Gasteiger partial charge in [0.15, 0.2) is 5.13 Å². The molecule has 1 N–H and O–H groups in total. The summed E-state index contributed by atoms with van der Waals surface area (Å²) in [4.78, 5) is 18.9. The van der Waals surface area contributed by atoms with Gasteiger partial charge in [0, 0.05) is 19.7 Å². The number of carbonyl (C=O) groups is 1. The summed E-state index contributed by atoms with van der Waals surface area (Å²) >= 11 is 1.40. The molecule has 1 saturated heterocycles. The number of aliphatic hydroxyl groups excluding tert-OH is 1. The number of ether oxygens (including phenoxy) is 1. The molecule has 2 heterocycles. The molecule has 0 aromatic carbocycles. The maximum Gasteiger partial charge on any atom is 0.350 e. The Kier molecular flexibility index (Phi) is 4.76. The number of rotatable bonds is 4. The number of thiazole rings is 1. The van der Waals surface area contributed by atoms with Crippen molar-refractivity contribution in [2.24, 2.45) is 5.92 Å². The van der Waals surface area contributed by atoms with Crippen LogP contribution in [0.4, 0.5) is 5.13 Å². The van der Waals surface area contributed by atoms with Gasteiger partial charge in [-0.25, -0.2) is 9.78 Å². The fourth-order valence-corrected chi connectivity index (χ4v) is 3.48. The van der Waals surface area contributed by atoms with Gasteiger partial charge in [-0.15, -0.1) is 0 Å². The van der Waals surface area contributed by atoms with Crippen LogP contribution in [0.1, 0.15) is 34.6 Å². The summed E-state index contributed by atoms with van der Waals surface area (Å²) in [6, 6.07) is 0. The van der Waals surface area contributed by atoms with Gasteiger partial charge in [-0.1, -0.05) is 11.3 Å². The van der Waals surface area contributed by atoms with Gasteiger partial charge in [-0.2, -0.15) is 0 Å². The first-order valence-corrected chi connectivity index (χ1v) is 7.39. The second-order valence-corrected chi connectivity index (χ2v) is 5.85. The van der Waals surface area contributed by atoms with Crippen LogP contribution in [0.3, 0.4) is 0 Å². The molecular formula is C13H20N2O3S. The van der Waals surface area contributed by atoms with E-state index in [0.29, 0.717) is 10.8 Å². The number of aromatic nitrogens is 1. The number of aliphatic hydroxyl groups is 1. The quantitative estimate of drug-likeness (QED) is 0.855. The molecule has 1 unspecified atom stereocenters. The zero-order valence-corrected chi connectivity index (χ0v) is 12.2. The van der Waals surface area contributed by atoms with Crippen LogP contribution in [-0.4, -0.2) is 42.9 Å². The molecule has 1 atom stereocenters. The summed E-state index contributed by atoms with van der Waals surface area (Å²) in [6.45, 7) is 3.95. The van der Waals surface area contributed by atoms with Gasteiger partial charge >= 0.3 is 5.97 Å². The van der Waals surface area contributed by atoms with Gasteiger partial charge in [0.05, 0.1) is 12.8 Å². The largest absolute Gasteiger partial charge is 0.465 e. The van der Waals surface area contributed by atoms with Crippen molar-refractivity contribution in [3.63, 3.8) is 0 Å². The van der Waals surface area contributed by atoms with Gasteiger partial charge in [-0.3, -0.25) is 0 Å². The summed E-state index contributed by atoms with van der Waals surface area (Å²) in [5, 5.41) is 9.92. The number of piperidine rings is 1. The molecular weight excluding hydrogens is 264 g/mol. The van der Waals surface area contributed by atoms with Crippen LogP contribution < -0.4 is 4.90 Å². The van der Waals surface area contributed by atoms with Crippen molar-refractivity contribution >= 4 is 22.4 Å². The molecule has 0 saturated carbocycles. The highest BCUT2D eigenvalue weighted by atomic mass is 32.1. The van der Waals surface area contributed by atoms with E-state index < -0.39 is 0 Å². The topological polar surface area (TPSA) is 62.7 Å². The van der Waals surface area contributed by atoms with Crippen LogP contribution in [0.25, 0.3) is 0 Å². The third-order valence-corrected chi connectivity index (χ3v) is 4.68. The molecule has 1 aliphatic heterocycles. The maximum atomic E-state index is 11.6. The van der Waals surface area contributed by atoms with Crippen LogP contribution in [0.2, 0.25) is 0 Å². The molecule has 1 fully saturated rings. The number of anilines is 1. The molecule has 5 nitrogen and oxygen atoms in total. The molecule has 106 valence electrons. The Hall–Kier alpha value is -1.14. The van der Waals surface area contributed by atoms with E-state index in [4.69, 9.17) is 9.84 Å². The maximum absolute atomic E-state index is 11.6. The number of hydrogen-bond acceptors (Lipinski definition) is 6. The van der Waals surface area contributed by atoms with Crippen molar-refractivity contribution in [3.8, 4) is 0 Å². The standard InChI is InChI=1S/C13H20N2O3S/c1-9-11(12(17)18-2)19-13(14-9)15-6-3-4-10(8-15)5-7-16/h10,16H,3-8H2,1-2H3. The van der Waals surface area contributed by atoms with E-state index in [1.54, 1.807) is 0 Å². The fraction of sp³-hybridized carbons (Fsp3) is 0.692. The summed E-state index contributed by atoms with van der Waals surface area (Å²) in [5.41, 5.74) is 0.733. The van der Waals surface area contributed by atoms with Crippen molar-refractivity contribution in [2.75, 3.05) is 31.7 Å². The van der Waals surface area contributed by atoms with Gasteiger partial charge in [0.1, 0.15) is 4.88 Å². The van der Waals surface area contributed by atoms with E-state index in [9.17, 15) is 4.79 Å². The molecule has 19 heavy (non-hydrogen) atoms. The van der Waals surface area contributed by atoms with Crippen molar-refractivity contribution in [3.05, 3.63) is 10.6 Å². The minimum absolute atomic E-state index is 0.239. The highest BCUT2D eigenvalue weighted by Crippen LogP contribution is 2.30. The highest BCUT2D eigenvalue weighted by Gasteiger charge is 2.24. The van der Waals surface area contributed by atoms with Crippen molar-refractivity contribution in [1.82, 2.24) is 4.98 Å². The van der Waals surface area contributed by atoms with Crippen molar-refractivity contribution < 1.29 is 14.6 Å². The molecule has 0 bridgehead atoms. The lowest BCUT2D eigenvalue weighted by atomic mass is 9.95. The zero-order valence-electron chi connectivity index (χ0n) is 11.4. The molecule has 0 amide bonds. The predicted molar refractivity (Wildman–Crippen MR) is 74.8 cm³/mol. The fourth-order valence-electron chi connectivity index (χ4n) is 2.46. The van der Waals surface area contributed by atoms with Gasteiger partial charge < -0.3 is 14.7 Å². The van der Waals surface area contributed by atoms with E-state index >= 15 is 0 Å². The SMILES string of the molecule is COC(=O)c1sc(N2CCCC(CCO)C2)nc1C. The average molecular weight is 284 g/mol. The molecule has 1 aromatic heterocycles. The molecule has 0 radical (unpaired) electrons. The molecule has 1 aromatic rings. The molecule has 0 spiro atoms. The van der Waals surface area contributed by atoms with Crippen LogP contribution in [0.15, 0.2) is 0 Å². The number of esters is 1. The summed E-state index contributed by atoms with van der Waals surface area (Å²) < 4.78 is 4.76. The normalized spacial score (nSPS) is 19.5. The molecule has 6 heteroatoms. The third kappa shape index (κ3) is 3.25. The van der Waals surface area contributed by atoms with Crippen molar-refractivity contribution in [1.29, 1.82) is 0 Å². The summed E-state index contributed by atoms with van der Waals surface area (Å²) in [6.07, 6.45) is 3.10. The number of methoxy groups -OCH3 is 1.